The van der Waals surface area contributed by atoms with Crippen molar-refractivity contribution in [1.29, 1.82) is 0 Å². The van der Waals surface area contributed by atoms with Crippen LogP contribution in [0, 0.1) is 0 Å². The van der Waals surface area contributed by atoms with Crippen LogP contribution in [0.15, 0.2) is 46.3 Å². The van der Waals surface area contributed by atoms with Crippen molar-refractivity contribution in [2.45, 2.75) is 45.6 Å². The number of benzene rings is 2. The number of halogens is 6. The molecule has 0 unspecified atom stereocenters. The lowest BCUT2D eigenvalue weighted by atomic mass is 10.0. The Morgan fingerprint density at radius 1 is 0.913 bits per heavy atom. The minimum atomic E-state index is -5.01. The first kappa shape index (κ1) is 35.6. The Labute approximate surface area is 269 Å². The molecule has 1 saturated heterocycles. The van der Waals surface area contributed by atoms with Gasteiger partial charge in [-0.2, -0.15) is 31.3 Å². The molecule has 0 bridgehead atoms. The maximum atomic E-state index is 13.5. The summed E-state index contributed by atoms with van der Waals surface area (Å²) in [6.45, 7) is 11.3. The predicted molar refractivity (Wildman–Crippen MR) is 167 cm³/mol. The molecule has 2 heterocycles. The number of amidine groups is 1. The van der Waals surface area contributed by atoms with Gasteiger partial charge in [-0.25, -0.2) is 0 Å². The lowest BCUT2D eigenvalue weighted by Crippen LogP contribution is -2.49. The van der Waals surface area contributed by atoms with E-state index in [1.165, 1.54) is 24.9 Å². The number of carbonyl (C=O) groups excluding carboxylic acids is 1. The zero-order chi connectivity index (χ0) is 33.5. The number of ether oxygens (including phenoxy) is 2. The molecule has 2 aliphatic rings. The number of amides is 1. The maximum absolute atomic E-state index is 13.5. The minimum absolute atomic E-state index is 0.0767. The third kappa shape index (κ3) is 9.41. The van der Waals surface area contributed by atoms with E-state index in [1.54, 1.807) is 18.2 Å². The summed E-state index contributed by atoms with van der Waals surface area (Å²) in [7, 11) is 1.35. The van der Waals surface area contributed by atoms with Gasteiger partial charge in [0.05, 0.1) is 23.1 Å². The lowest BCUT2D eigenvalue weighted by Gasteiger charge is -2.36. The van der Waals surface area contributed by atoms with Crippen LogP contribution in [-0.2, 0) is 23.8 Å². The lowest BCUT2D eigenvalue weighted by molar-refractivity contribution is -0.143. The van der Waals surface area contributed by atoms with Crippen LogP contribution in [0.25, 0.3) is 6.08 Å². The van der Waals surface area contributed by atoms with E-state index in [-0.39, 0.29) is 23.5 Å². The fourth-order valence-electron chi connectivity index (χ4n) is 5.29. The smallest absolute Gasteiger partial charge is 0.416 e. The quantitative estimate of drug-likeness (QED) is 0.178. The van der Waals surface area contributed by atoms with Crippen LogP contribution in [0.3, 0.4) is 0 Å². The minimum Gasteiger partial charge on any atom is -0.493 e. The van der Waals surface area contributed by atoms with E-state index >= 15 is 0 Å². The molecule has 0 aliphatic carbocycles. The van der Waals surface area contributed by atoms with Crippen molar-refractivity contribution in [3.05, 3.63) is 63.6 Å². The van der Waals surface area contributed by atoms with Gasteiger partial charge >= 0.3 is 12.4 Å². The van der Waals surface area contributed by atoms with E-state index in [9.17, 15) is 31.1 Å². The number of nitrogens with zero attached hydrogens (tertiary/aromatic N) is 4. The third-order valence-electron chi connectivity index (χ3n) is 7.68. The van der Waals surface area contributed by atoms with Gasteiger partial charge in [0.15, 0.2) is 16.7 Å². The van der Waals surface area contributed by atoms with Crippen molar-refractivity contribution in [3.8, 4) is 11.5 Å². The van der Waals surface area contributed by atoms with E-state index < -0.39 is 35.6 Å². The highest BCUT2D eigenvalue weighted by molar-refractivity contribution is 8.18. The van der Waals surface area contributed by atoms with Gasteiger partial charge < -0.3 is 19.3 Å². The van der Waals surface area contributed by atoms with Gasteiger partial charge in [-0.3, -0.25) is 9.69 Å². The van der Waals surface area contributed by atoms with Crippen molar-refractivity contribution in [2.75, 3.05) is 59.5 Å². The van der Waals surface area contributed by atoms with Crippen LogP contribution in [0.2, 0.25) is 0 Å². The molecule has 0 atom stereocenters. The van der Waals surface area contributed by atoms with Crippen LogP contribution < -0.4 is 9.47 Å². The Morgan fingerprint density at radius 3 is 2.22 bits per heavy atom. The topological polar surface area (TPSA) is 57.6 Å². The highest BCUT2D eigenvalue weighted by atomic mass is 32.2. The molecule has 0 aromatic heterocycles. The zero-order valence-electron chi connectivity index (χ0n) is 26.0. The van der Waals surface area contributed by atoms with Crippen molar-refractivity contribution in [2.24, 2.45) is 4.99 Å². The normalized spacial score (nSPS) is 17.3. The molecule has 46 heavy (non-hydrogen) atoms. The second-order valence-electron chi connectivity index (χ2n) is 11.0. The summed E-state index contributed by atoms with van der Waals surface area (Å²) in [5, 5.41) is 0.651. The number of aliphatic imine (C=N–C) groups is 1. The summed E-state index contributed by atoms with van der Waals surface area (Å²) in [6.07, 6.45) is -6.00. The third-order valence-corrected chi connectivity index (χ3v) is 8.72. The number of alkyl halides is 6. The highest BCUT2D eigenvalue weighted by Gasteiger charge is 2.38. The molecule has 14 heteroatoms. The first-order valence-corrected chi connectivity index (χ1v) is 15.9. The van der Waals surface area contributed by atoms with E-state index in [0.29, 0.717) is 21.7 Å². The Hall–Kier alpha value is -3.23. The van der Waals surface area contributed by atoms with Crippen LogP contribution in [-0.4, -0.2) is 85.2 Å². The summed E-state index contributed by atoms with van der Waals surface area (Å²) in [5.74, 6) is -0.0946. The van der Waals surface area contributed by atoms with Crippen LogP contribution >= 0.6 is 11.8 Å². The van der Waals surface area contributed by atoms with E-state index in [4.69, 9.17) is 9.47 Å². The second kappa shape index (κ2) is 15.6. The van der Waals surface area contributed by atoms with Crippen LogP contribution in [0.5, 0.6) is 11.5 Å². The van der Waals surface area contributed by atoms with Gasteiger partial charge in [-0.1, -0.05) is 26.0 Å². The summed E-state index contributed by atoms with van der Waals surface area (Å²) >= 11 is 1.29. The summed E-state index contributed by atoms with van der Waals surface area (Å²) in [6, 6.07) is 6.05. The standard InChI is InChI=1S/C32H38F6N4O3S/c1-4-10-40(11-5-2)12-13-41-14-16-42(17-15-41)30-39-29(43)28(46-30)19-22-6-9-26(27(18-22)44-3)45-21-23-7-8-24(31(33,34)35)20-25(23)32(36,37)38/h6-9,18-20H,4-5,10-17,21H2,1-3H3/b28-19+. The number of piperazine rings is 1. The number of hydrogen-bond donors (Lipinski definition) is 0. The van der Waals surface area contributed by atoms with Gasteiger partial charge in [0.1, 0.15) is 6.61 Å². The Bertz CT molecular complexity index is 1420. The molecule has 0 spiro atoms. The molecule has 7 nitrogen and oxygen atoms in total. The number of hydrogen-bond acceptors (Lipinski definition) is 7. The fourth-order valence-corrected chi connectivity index (χ4v) is 6.25. The second-order valence-corrected chi connectivity index (χ2v) is 12.1. The van der Waals surface area contributed by atoms with Crippen molar-refractivity contribution < 1.29 is 40.6 Å². The molecule has 0 radical (unpaired) electrons. The summed E-state index contributed by atoms with van der Waals surface area (Å²) < 4.78 is 90.5. The van der Waals surface area contributed by atoms with Crippen LogP contribution in [0.4, 0.5) is 26.3 Å². The van der Waals surface area contributed by atoms with Gasteiger partial charge in [0, 0.05) is 44.8 Å². The molecule has 0 saturated carbocycles. The number of carbonyl (C=O) groups is 1. The molecular formula is C32H38F6N4O3S. The van der Waals surface area contributed by atoms with Crippen molar-refractivity contribution in [3.63, 3.8) is 0 Å². The maximum Gasteiger partial charge on any atom is 0.416 e. The predicted octanol–water partition coefficient (Wildman–Crippen LogP) is 7.02. The van der Waals surface area contributed by atoms with Crippen molar-refractivity contribution in [1.82, 2.24) is 14.7 Å². The molecule has 1 amide bonds. The van der Waals surface area contributed by atoms with Crippen LogP contribution in [0.1, 0.15) is 48.9 Å². The van der Waals surface area contributed by atoms with Gasteiger partial charge in [-0.15, -0.1) is 0 Å². The highest BCUT2D eigenvalue weighted by Crippen LogP contribution is 2.39. The SMILES string of the molecule is CCCN(CCC)CCN1CCN(C2=NC(=O)/C(=C\c3ccc(OCc4ccc(C(F)(F)F)cc4C(F)(F)F)c(OC)c3)S2)CC1. The molecule has 4 rings (SSSR count). The molecular weight excluding hydrogens is 634 g/mol. The average molecular weight is 673 g/mol. The summed E-state index contributed by atoms with van der Waals surface area (Å²) in [4.78, 5) is 24.5. The number of methoxy groups -OCH3 is 1. The number of rotatable bonds is 12. The first-order chi connectivity index (χ1) is 21.8. The largest absolute Gasteiger partial charge is 0.493 e. The number of thioether (sulfide) groups is 1. The van der Waals surface area contributed by atoms with Crippen molar-refractivity contribution >= 4 is 28.9 Å². The zero-order valence-corrected chi connectivity index (χ0v) is 26.8. The van der Waals surface area contributed by atoms with E-state index in [2.05, 4.69) is 33.5 Å². The van der Waals surface area contributed by atoms with Gasteiger partial charge in [-0.05, 0) is 73.6 Å². The first-order valence-electron chi connectivity index (χ1n) is 15.1. The average Bonchev–Trinajstić information content (AvgIpc) is 3.38. The molecule has 2 aromatic rings. The van der Waals surface area contributed by atoms with Gasteiger partial charge in [0.25, 0.3) is 5.91 Å². The fraction of sp³-hybridized carbons (Fsp3) is 0.500. The summed E-state index contributed by atoms with van der Waals surface area (Å²) in [5.41, 5.74) is -2.70. The molecule has 2 aromatic carbocycles. The van der Waals surface area contributed by atoms with E-state index in [1.807, 2.05) is 0 Å². The Kier molecular flexibility index (Phi) is 12.1. The molecule has 252 valence electrons. The Balaban J connectivity index is 1.36. The molecule has 2 aliphatic heterocycles. The van der Waals surface area contributed by atoms with Gasteiger partial charge in [0.2, 0.25) is 0 Å². The molecule has 0 N–H and O–H groups in total. The molecule has 1 fully saturated rings. The van der Waals surface area contributed by atoms with E-state index in [0.717, 1.165) is 71.3 Å². The monoisotopic (exact) mass is 672 g/mol. The Morgan fingerprint density at radius 2 is 1.61 bits per heavy atom.